The van der Waals surface area contributed by atoms with Gasteiger partial charge in [-0.3, -0.25) is 4.79 Å². The van der Waals surface area contributed by atoms with Crippen molar-refractivity contribution in [3.63, 3.8) is 0 Å². The van der Waals surface area contributed by atoms with Crippen LogP contribution in [0.4, 0.5) is 0 Å². The summed E-state index contributed by atoms with van der Waals surface area (Å²) in [5, 5.41) is 8.89. The van der Waals surface area contributed by atoms with Gasteiger partial charge in [-0.2, -0.15) is 0 Å². The molecule has 0 aromatic carbocycles. The standard InChI is InChI=1S/C8H7BrO3S/c1-4-5(6(10)3-9)2-7(13-4)8(11)12/h2H,3H2,1H3,(H,11,12). The second-order valence-corrected chi connectivity index (χ2v) is 4.26. The number of halogens is 1. The molecular weight excluding hydrogens is 256 g/mol. The summed E-state index contributed by atoms with van der Waals surface area (Å²) in [5.41, 5.74) is 0.499. The summed E-state index contributed by atoms with van der Waals surface area (Å²) in [7, 11) is 0. The zero-order valence-corrected chi connectivity index (χ0v) is 9.24. The summed E-state index contributed by atoms with van der Waals surface area (Å²) in [6.07, 6.45) is 0. The number of carboxylic acid groups (broad SMARTS) is 1. The van der Waals surface area contributed by atoms with Crippen LogP contribution in [0.2, 0.25) is 0 Å². The average Bonchev–Trinajstić information content (AvgIpc) is 2.46. The Labute approximate surface area is 87.5 Å². The van der Waals surface area contributed by atoms with E-state index in [4.69, 9.17) is 5.11 Å². The first kappa shape index (κ1) is 10.4. The molecule has 70 valence electrons. The summed E-state index contributed by atoms with van der Waals surface area (Å²) in [6, 6.07) is 1.42. The smallest absolute Gasteiger partial charge is 0.345 e. The van der Waals surface area contributed by atoms with Crippen LogP contribution < -0.4 is 0 Å². The maximum absolute atomic E-state index is 11.2. The number of aryl methyl sites for hydroxylation is 1. The zero-order chi connectivity index (χ0) is 10.0. The van der Waals surface area contributed by atoms with Crippen molar-refractivity contribution in [3.8, 4) is 0 Å². The van der Waals surface area contributed by atoms with Crippen LogP contribution in [0.25, 0.3) is 0 Å². The Morgan fingerprint density at radius 2 is 2.23 bits per heavy atom. The molecule has 1 aromatic rings. The van der Waals surface area contributed by atoms with Gasteiger partial charge in [0.1, 0.15) is 4.88 Å². The van der Waals surface area contributed by atoms with E-state index in [1.54, 1.807) is 6.92 Å². The molecule has 0 aliphatic carbocycles. The molecule has 3 nitrogen and oxygen atoms in total. The molecule has 0 bridgehead atoms. The molecule has 1 aromatic heterocycles. The van der Waals surface area contributed by atoms with E-state index in [1.165, 1.54) is 6.07 Å². The van der Waals surface area contributed by atoms with Crippen molar-refractivity contribution >= 4 is 39.0 Å². The fourth-order valence-electron chi connectivity index (χ4n) is 0.936. The molecule has 0 unspecified atom stereocenters. The van der Waals surface area contributed by atoms with E-state index in [9.17, 15) is 9.59 Å². The van der Waals surface area contributed by atoms with Gasteiger partial charge in [0.15, 0.2) is 5.78 Å². The van der Waals surface area contributed by atoms with Crippen molar-refractivity contribution in [3.05, 3.63) is 21.4 Å². The molecule has 0 saturated carbocycles. The third-order valence-corrected chi connectivity index (χ3v) is 3.10. The highest BCUT2D eigenvalue weighted by Crippen LogP contribution is 2.22. The number of carbonyl (C=O) groups is 2. The van der Waals surface area contributed by atoms with E-state index in [0.717, 1.165) is 16.2 Å². The first-order valence-corrected chi connectivity index (χ1v) is 5.43. The SMILES string of the molecule is Cc1sc(C(=O)O)cc1C(=O)CBr. The third kappa shape index (κ3) is 2.16. The van der Waals surface area contributed by atoms with Crippen molar-refractivity contribution in [1.82, 2.24) is 0 Å². The normalized spacial score (nSPS) is 10.0. The van der Waals surface area contributed by atoms with Crippen molar-refractivity contribution in [2.24, 2.45) is 0 Å². The van der Waals surface area contributed by atoms with Crippen LogP contribution in [0.5, 0.6) is 0 Å². The first-order chi connectivity index (χ1) is 6.06. The van der Waals surface area contributed by atoms with Crippen LogP contribution in [0.1, 0.15) is 24.9 Å². The number of Topliss-reactive ketones (excluding diaryl/α,β-unsaturated/α-hetero) is 1. The quantitative estimate of drug-likeness (QED) is 0.672. The Balaban J connectivity index is 3.10. The molecular formula is C8H7BrO3S. The van der Waals surface area contributed by atoms with Gasteiger partial charge in [-0.25, -0.2) is 4.79 Å². The van der Waals surface area contributed by atoms with Gasteiger partial charge < -0.3 is 5.11 Å². The Bertz CT molecular complexity index is 356. The van der Waals surface area contributed by atoms with Crippen LogP contribution in [0, 0.1) is 6.92 Å². The number of alkyl halides is 1. The van der Waals surface area contributed by atoms with Crippen LogP contribution in [-0.4, -0.2) is 22.2 Å². The highest BCUT2D eigenvalue weighted by atomic mass is 79.9. The molecule has 1 rings (SSSR count). The predicted molar refractivity (Wildman–Crippen MR) is 54.1 cm³/mol. The molecule has 1 N–H and O–H groups in total. The molecule has 0 amide bonds. The lowest BCUT2D eigenvalue weighted by atomic mass is 10.2. The number of hydrogen-bond acceptors (Lipinski definition) is 3. The van der Waals surface area contributed by atoms with Gasteiger partial charge in [-0.1, -0.05) is 15.9 Å². The number of rotatable bonds is 3. The Kier molecular flexibility index (Phi) is 3.22. The predicted octanol–water partition coefficient (Wildman–Crippen LogP) is 2.33. The van der Waals surface area contributed by atoms with E-state index in [-0.39, 0.29) is 16.0 Å². The van der Waals surface area contributed by atoms with Gasteiger partial charge in [-0.05, 0) is 13.0 Å². The summed E-state index contributed by atoms with van der Waals surface area (Å²) >= 11 is 4.16. The monoisotopic (exact) mass is 262 g/mol. The fourth-order valence-corrected chi connectivity index (χ4v) is 2.12. The average molecular weight is 263 g/mol. The van der Waals surface area contributed by atoms with E-state index in [2.05, 4.69) is 15.9 Å². The summed E-state index contributed by atoms with van der Waals surface area (Å²) < 4.78 is 0. The minimum absolute atomic E-state index is 0.0822. The van der Waals surface area contributed by atoms with Gasteiger partial charge >= 0.3 is 5.97 Å². The Morgan fingerprint density at radius 3 is 2.62 bits per heavy atom. The lowest BCUT2D eigenvalue weighted by molar-refractivity contribution is 0.0702. The summed E-state index contributed by atoms with van der Waals surface area (Å²) in [5.74, 6) is -1.07. The largest absolute Gasteiger partial charge is 0.477 e. The summed E-state index contributed by atoms with van der Waals surface area (Å²) in [6.45, 7) is 1.74. The molecule has 0 fully saturated rings. The number of aromatic carboxylic acids is 1. The Morgan fingerprint density at radius 1 is 1.62 bits per heavy atom. The topological polar surface area (TPSA) is 54.4 Å². The zero-order valence-electron chi connectivity index (χ0n) is 6.83. The van der Waals surface area contributed by atoms with Crippen molar-refractivity contribution < 1.29 is 14.7 Å². The van der Waals surface area contributed by atoms with Crippen molar-refractivity contribution in [2.75, 3.05) is 5.33 Å². The number of carbonyl (C=O) groups excluding carboxylic acids is 1. The lowest BCUT2D eigenvalue weighted by Gasteiger charge is -1.91. The molecule has 0 spiro atoms. The van der Waals surface area contributed by atoms with Crippen LogP contribution in [0.3, 0.4) is 0 Å². The van der Waals surface area contributed by atoms with Crippen LogP contribution >= 0.6 is 27.3 Å². The number of ketones is 1. The fraction of sp³-hybridized carbons (Fsp3) is 0.250. The second-order valence-electron chi connectivity index (χ2n) is 2.44. The summed E-state index contributed by atoms with van der Waals surface area (Å²) in [4.78, 5) is 22.8. The molecule has 0 aliphatic rings. The highest BCUT2D eigenvalue weighted by Gasteiger charge is 2.15. The maximum Gasteiger partial charge on any atom is 0.345 e. The third-order valence-electron chi connectivity index (χ3n) is 1.55. The minimum Gasteiger partial charge on any atom is -0.477 e. The van der Waals surface area contributed by atoms with Gasteiger partial charge in [0.05, 0.1) is 5.33 Å². The van der Waals surface area contributed by atoms with Crippen molar-refractivity contribution in [1.29, 1.82) is 0 Å². The number of hydrogen-bond donors (Lipinski definition) is 1. The van der Waals surface area contributed by atoms with Gasteiger partial charge in [0.2, 0.25) is 0 Å². The van der Waals surface area contributed by atoms with Gasteiger partial charge in [0, 0.05) is 10.4 Å². The van der Waals surface area contributed by atoms with Crippen molar-refractivity contribution in [2.45, 2.75) is 6.92 Å². The second kappa shape index (κ2) is 4.02. The lowest BCUT2D eigenvalue weighted by Crippen LogP contribution is -1.99. The Hall–Kier alpha value is -0.680. The maximum atomic E-state index is 11.2. The van der Waals surface area contributed by atoms with Gasteiger partial charge in [-0.15, -0.1) is 11.3 Å². The number of thiophene rings is 1. The van der Waals surface area contributed by atoms with E-state index >= 15 is 0 Å². The highest BCUT2D eigenvalue weighted by molar-refractivity contribution is 9.09. The molecule has 0 radical (unpaired) electrons. The molecule has 0 saturated heterocycles. The molecule has 5 heteroatoms. The molecule has 0 atom stereocenters. The molecule has 13 heavy (non-hydrogen) atoms. The van der Waals surface area contributed by atoms with Crippen LogP contribution in [0.15, 0.2) is 6.07 Å². The number of carboxylic acids is 1. The minimum atomic E-state index is -0.985. The molecule has 0 aliphatic heterocycles. The van der Waals surface area contributed by atoms with E-state index in [1.807, 2.05) is 0 Å². The first-order valence-electron chi connectivity index (χ1n) is 3.49. The van der Waals surface area contributed by atoms with Crippen LogP contribution in [-0.2, 0) is 0 Å². The van der Waals surface area contributed by atoms with E-state index < -0.39 is 5.97 Å². The van der Waals surface area contributed by atoms with E-state index in [0.29, 0.717) is 5.56 Å². The van der Waals surface area contributed by atoms with Gasteiger partial charge in [0.25, 0.3) is 0 Å². The molecule has 1 heterocycles.